The Hall–Kier alpha value is -4.35. The van der Waals surface area contributed by atoms with Gasteiger partial charge in [-0.05, 0) is 118 Å². The van der Waals surface area contributed by atoms with E-state index in [4.69, 9.17) is 11.6 Å². The molecule has 0 saturated carbocycles. The molecule has 0 spiro atoms. The first-order valence-electron chi connectivity index (χ1n) is 15.2. The van der Waals surface area contributed by atoms with Crippen molar-refractivity contribution in [3.05, 3.63) is 164 Å². The number of nitrogens with one attached hydrogen (secondary N) is 1. The third kappa shape index (κ3) is 4.21. The third-order valence-electron chi connectivity index (χ3n) is 9.75. The molecule has 5 aromatic carbocycles. The van der Waals surface area contributed by atoms with Gasteiger partial charge in [-0.3, -0.25) is 0 Å². The highest BCUT2D eigenvalue weighted by atomic mass is 35.5. The Morgan fingerprint density at radius 1 is 0.698 bits per heavy atom. The number of piperidine rings is 1. The zero-order valence-corrected chi connectivity index (χ0v) is 25.1. The van der Waals surface area contributed by atoms with Gasteiger partial charge in [-0.1, -0.05) is 114 Å². The Morgan fingerprint density at radius 2 is 1.28 bits per heavy atom. The molecule has 208 valence electrons. The highest BCUT2D eigenvalue weighted by molar-refractivity contribution is 6.30. The number of benzene rings is 5. The molecule has 0 atom stereocenters. The SMILES string of the molecule is C/C(C#Cc1cccc(Cl)c1)=C1/CCNCC1(c1cccc2c1Cc1ccccc1-2)c1cccc2c1Cc1ccccc1-2. The van der Waals surface area contributed by atoms with Crippen molar-refractivity contribution in [3.63, 3.8) is 0 Å². The molecular formula is C41H32ClN. The number of rotatable bonds is 2. The molecule has 1 nitrogen and oxygen atoms in total. The molecule has 1 fully saturated rings. The molecular weight excluding hydrogens is 542 g/mol. The molecule has 43 heavy (non-hydrogen) atoms. The number of hydrogen-bond donors (Lipinski definition) is 1. The molecule has 1 N–H and O–H groups in total. The summed E-state index contributed by atoms with van der Waals surface area (Å²) >= 11 is 6.31. The van der Waals surface area contributed by atoms with Crippen LogP contribution < -0.4 is 5.32 Å². The van der Waals surface area contributed by atoms with Crippen LogP contribution in [0.25, 0.3) is 22.3 Å². The molecule has 2 heteroatoms. The predicted octanol–water partition coefficient (Wildman–Crippen LogP) is 9.13. The molecule has 1 saturated heterocycles. The van der Waals surface area contributed by atoms with E-state index < -0.39 is 0 Å². The molecule has 1 heterocycles. The minimum Gasteiger partial charge on any atom is -0.315 e. The van der Waals surface area contributed by atoms with Crippen LogP contribution in [0.2, 0.25) is 5.02 Å². The zero-order valence-electron chi connectivity index (χ0n) is 24.3. The summed E-state index contributed by atoms with van der Waals surface area (Å²) < 4.78 is 0. The zero-order chi connectivity index (χ0) is 29.0. The van der Waals surface area contributed by atoms with Gasteiger partial charge in [0.05, 0.1) is 5.41 Å². The van der Waals surface area contributed by atoms with E-state index in [1.165, 1.54) is 61.2 Å². The van der Waals surface area contributed by atoms with E-state index in [0.29, 0.717) is 5.02 Å². The average molecular weight is 574 g/mol. The van der Waals surface area contributed by atoms with E-state index in [2.05, 4.69) is 109 Å². The monoisotopic (exact) mass is 573 g/mol. The first-order chi connectivity index (χ1) is 21.1. The summed E-state index contributed by atoms with van der Waals surface area (Å²) in [6, 6.07) is 39.7. The second-order valence-electron chi connectivity index (χ2n) is 12.0. The van der Waals surface area contributed by atoms with Gasteiger partial charge in [0.15, 0.2) is 0 Å². The van der Waals surface area contributed by atoms with E-state index in [0.717, 1.165) is 43.5 Å². The largest absolute Gasteiger partial charge is 0.315 e. The van der Waals surface area contributed by atoms with E-state index in [1.54, 1.807) is 0 Å². The van der Waals surface area contributed by atoms with Gasteiger partial charge in [-0.25, -0.2) is 0 Å². The smallest absolute Gasteiger partial charge is 0.0553 e. The van der Waals surface area contributed by atoms with Gasteiger partial charge in [-0.15, -0.1) is 0 Å². The molecule has 2 aliphatic carbocycles. The molecule has 1 aliphatic heterocycles. The lowest BCUT2D eigenvalue weighted by Crippen LogP contribution is -2.47. The van der Waals surface area contributed by atoms with Gasteiger partial charge < -0.3 is 5.32 Å². The first kappa shape index (κ1) is 26.3. The van der Waals surface area contributed by atoms with Crippen LogP contribution in [0.4, 0.5) is 0 Å². The maximum Gasteiger partial charge on any atom is 0.0553 e. The van der Waals surface area contributed by atoms with Gasteiger partial charge in [0.1, 0.15) is 0 Å². The molecule has 0 unspecified atom stereocenters. The maximum absolute atomic E-state index is 6.31. The lowest BCUT2D eigenvalue weighted by Gasteiger charge is -2.44. The summed E-state index contributed by atoms with van der Waals surface area (Å²) in [5.74, 6) is 7.05. The third-order valence-corrected chi connectivity index (χ3v) is 9.98. The van der Waals surface area contributed by atoms with E-state index in [1.807, 2.05) is 24.3 Å². The molecule has 0 aromatic heterocycles. The summed E-state index contributed by atoms with van der Waals surface area (Å²) in [6.07, 6.45) is 2.86. The predicted molar refractivity (Wildman–Crippen MR) is 179 cm³/mol. The highest BCUT2D eigenvalue weighted by Crippen LogP contribution is 2.52. The van der Waals surface area contributed by atoms with Crippen LogP contribution in [-0.4, -0.2) is 13.1 Å². The van der Waals surface area contributed by atoms with Crippen molar-refractivity contribution in [2.75, 3.05) is 13.1 Å². The molecule has 0 amide bonds. The van der Waals surface area contributed by atoms with E-state index >= 15 is 0 Å². The highest BCUT2D eigenvalue weighted by Gasteiger charge is 2.45. The number of allylic oxidation sites excluding steroid dienone is 1. The molecule has 0 bridgehead atoms. The standard InChI is InChI=1S/C41H32ClN/c1-27(19-20-28-9-6-12-31(42)23-28)38-21-22-43-26-41(38,39-17-7-15-34-32-13-4-2-10-29(32)24-36(34)39)40-18-8-16-35-33-14-5-3-11-30(33)25-37(35)40/h2-18,23,43H,21-22,24-26H2,1H3/b38-27+. The van der Waals surface area contributed by atoms with Crippen molar-refractivity contribution in [1.82, 2.24) is 5.32 Å². The number of fused-ring (bicyclic) bond motifs is 6. The Balaban J connectivity index is 1.40. The van der Waals surface area contributed by atoms with Crippen LogP contribution in [0.3, 0.4) is 0 Å². The number of hydrogen-bond acceptors (Lipinski definition) is 1. The first-order valence-corrected chi connectivity index (χ1v) is 15.6. The van der Waals surface area contributed by atoms with Gasteiger partial charge in [-0.2, -0.15) is 0 Å². The normalized spacial score (nSPS) is 16.8. The van der Waals surface area contributed by atoms with Crippen LogP contribution in [0.15, 0.2) is 120 Å². The fourth-order valence-corrected chi connectivity index (χ4v) is 8.09. The number of halogens is 1. The van der Waals surface area contributed by atoms with Crippen molar-refractivity contribution in [2.45, 2.75) is 31.6 Å². The van der Waals surface area contributed by atoms with Crippen molar-refractivity contribution in [1.29, 1.82) is 0 Å². The van der Waals surface area contributed by atoms with Crippen LogP contribution in [0.5, 0.6) is 0 Å². The minimum atomic E-state index is -0.341. The maximum atomic E-state index is 6.31. The molecule has 5 aromatic rings. The van der Waals surface area contributed by atoms with Gasteiger partial charge in [0, 0.05) is 17.1 Å². The Morgan fingerprint density at radius 3 is 1.91 bits per heavy atom. The fourth-order valence-electron chi connectivity index (χ4n) is 7.90. The van der Waals surface area contributed by atoms with Crippen molar-refractivity contribution < 1.29 is 0 Å². The topological polar surface area (TPSA) is 12.0 Å². The van der Waals surface area contributed by atoms with Crippen molar-refractivity contribution in [3.8, 4) is 34.1 Å². The van der Waals surface area contributed by atoms with Crippen LogP contribution >= 0.6 is 11.6 Å². The lowest BCUT2D eigenvalue weighted by atomic mass is 9.62. The summed E-state index contributed by atoms with van der Waals surface area (Å²) in [5.41, 5.74) is 17.2. The Labute approximate surface area is 259 Å². The Bertz CT molecular complexity index is 1920. The Kier molecular flexibility index (Phi) is 6.37. The van der Waals surface area contributed by atoms with Crippen molar-refractivity contribution in [2.24, 2.45) is 0 Å². The molecule has 8 rings (SSSR count). The molecule has 0 radical (unpaired) electrons. The van der Waals surface area contributed by atoms with Crippen LogP contribution in [-0.2, 0) is 18.3 Å². The second kappa shape index (κ2) is 10.4. The summed E-state index contributed by atoms with van der Waals surface area (Å²) in [4.78, 5) is 0. The van der Waals surface area contributed by atoms with Crippen LogP contribution in [0, 0.1) is 11.8 Å². The minimum absolute atomic E-state index is 0.341. The second-order valence-corrected chi connectivity index (χ2v) is 12.5. The van der Waals surface area contributed by atoms with Gasteiger partial charge in [0.25, 0.3) is 0 Å². The van der Waals surface area contributed by atoms with Gasteiger partial charge >= 0.3 is 0 Å². The van der Waals surface area contributed by atoms with E-state index in [-0.39, 0.29) is 5.41 Å². The summed E-state index contributed by atoms with van der Waals surface area (Å²) in [6.45, 7) is 4.01. The quantitative estimate of drug-likeness (QED) is 0.203. The summed E-state index contributed by atoms with van der Waals surface area (Å²) in [7, 11) is 0. The van der Waals surface area contributed by atoms with E-state index in [9.17, 15) is 0 Å². The van der Waals surface area contributed by atoms with Gasteiger partial charge in [0.2, 0.25) is 0 Å². The van der Waals surface area contributed by atoms with Crippen LogP contribution in [0.1, 0.15) is 52.3 Å². The van der Waals surface area contributed by atoms with Crippen molar-refractivity contribution >= 4 is 11.6 Å². The molecule has 3 aliphatic rings. The lowest BCUT2D eigenvalue weighted by molar-refractivity contribution is 0.454. The summed E-state index contributed by atoms with van der Waals surface area (Å²) in [5, 5.41) is 4.58. The fraction of sp³-hybridized carbons (Fsp3) is 0.171. The average Bonchev–Trinajstić information content (AvgIpc) is 3.62.